The van der Waals surface area contributed by atoms with Crippen molar-refractivity contribution in [3.8, 4) is 17.4 Å². The summed E-state index contributed by atoms with van der Waals surface area (Å²) in [5.74, 6) is 1.15. The van der Waals surface area contributed by atoms with E-state index in [4.69, 9.17) is 9.15 Å². The van der Waals surface area contributed by atoms with E-state index in [2.05, 4.69) is 27.8 Å². The molecule has 1 aromatic carbocycles. The molecule has 96 valence electrons. The van der Waals surface area contributed by atoms with Gasteiger partial charge in [-0.25, -0.2) is 4.98 Å². The zero-order valence-electron chi connectivity index (χ0n) is 10.6. The van der Waals surface area contributed by atoms with E-state index in [0.29, 0.717) is 11.8 Å². The summed E-state index contributed by atoms with van der Waals surface area (Å²) in [4.78, 5) is 4.51. The summed E-state index contributed by atoms with van der Waals surface area (Å²) < 4.78 is 11.9. The highest BCUT2D eigenvalue weighted by atomic mass is 79.9. The molecule has 0 amide bonds. The van der Waals surface area contributed by atoms with Crippen molar-refractivity contribution in [3.63, 3.8) is 0 Å². The van der Waals surface area contributed by atoms with Crippen molar-refractivity contribution < 1.29 is 9.15 Å². The van der Waals surface area contributed by atoms with E-state index in [1.54, 1.807) is 7.11 Å². The first-order chi connectivity index (χ1) is 8.74. The quantitative estimate of drug-likeness (QED) is 0.818. The number of hydrogen-bond donors (Lipinski definition) is 0. The second-order valence-electron chi connectivity index (χ2n) is 4.07. The van der Waals surface area contributed by atoms with Crippen molar-refractivity contribution in [2.75, 3.05) is 7.11 Å². The first-order valence-corrected chi connectivity index (χ1v) is 6.83. The third kappa shape index (κ3) is 2.93. The number of nitrogens with zero attached hydrogens (tertiary/aromatic N) is 1. The molecule has 0 bridgehead atoms. The maximum atomic E-state index is 5.64. The number of aromatic nitrogens is 1. The van der Waals surface area contributed by atoms with Gasteiger partial charge in [0.25, 0.3) is 0 Å². The number of methoxy groups -OCH3 is 1. The van der Waals surface area contributed by atoms with Crippen LogP contribution in [0.25, 0.3) is 11.5 Å². The molecule has 0 aliphatic carbocycles. The fraction of sp³-hybridized carbons (Fsp3) is 0.357. The lowest BCUT2D eigenvalue weighted by atomic mass is 10.2. The van der Waals surface area contributed by atoms with Gasteiger partial charge in [-0.3, -0.25) is 0 Å². The van der Waals surface area contributed by atoms with Gasteiger partial charge in [-0.1, -0.05) is 29.3 Å². The van der Waals surface area contributed by atoms with Crippen molar-refractivity contribution in [1.82, 2.24) is 4.98 Å². The Hall–Kier alpha value is -1.29. The van der Waals surface area contributed by atoms with Crippen molar-refractivity contribution in [2.24, 2.45) is 0 Å². The van der Waals surface area contributed by atoms with E-state index < -0.39 is 0 Å². The van der Waals surface area contributed by atoms with Crippen LogP contribution in [-0.4, -0.2) is 12.1 Å². The monoisotopic (exact) mass is 309 g/mol. The molecule has 0 radical (unpaired) electrons. The maximum absolute atomic E-state index is 5.64. The fourth-order valence-electron chi connectivity index (χ4n) is 1.72. The molecule has 1 aromatic heterocycles. The summed E-state index contributed by atoms with van der Waals surface area (Å²) >= 11 is 3.41. The molecule has 3 nitrogen and oxygen atoms in total. The van der Waals surface area contributed by atoms with Gasteiger partial charge in [0.1, 0.15) is 5.69 Å². The zero-order valence-corrected chi connectivity index (χ0v) is 12.2. The molecule has 0 saturated carbocycles. The molecular weight excluding hydrogens is 294 g/mol. The molecule has 0 spiro atoms. The molecule has 2 rings (SSSR count). The molecule has 2 aromatic rings. The van der Waals surface area contributed by atoms with Gasteiger partial charge < -0.3 is 9.15 Å². The lowest BCUT2D eigenvalue weighted by Gasteiger charge is -1.96. The summed E-state index contributed by atoms with van der Waals surface area (Å²) in [6, 6.07) is 7.88. The minimum atomic E-state index is 0.529. The summed E-state index contributed by atoms with van der Waals surface area (Å²) in [7, 11) is 1.61. The molecular formula is C14H16BrNO2. The van der Waals surface area contributed by atoms with E-state index in [1.165, 1.54) is 0 Å². The molecule has 0 saturated heterocycles. The Morgan fingerprint density at radius 2 is 2.00 bits per heavy atom. The highest BCUT2D eigenvalue weighted by Crippen LogP contribution is 2.28. The molecule has 1 heterocycles. The minimum absolute atomic E-state index is 0.529. The Bertz CT molecular complexity index is 505. The molecule has 18 heavy (non-hydrogen) atoms. The standard InChI is InChI=1S/C14H16BrNO2/c1-3-4-5-12-14(17-2)18-13(16-12)10-6-8-11(15)9-7-10/h6-9H,3-5H2,1-2H3. The van der Waals surface area contributed by atoms with Gasteiger partial charge in [0.15, 0.2) is 0 Å². The molecule has 0 N–H and O–H groups in total. The number of hydrogen-bond acceptors (Lipinski definition) is 3. The van der Waals surface area contributed by atoms with Crippen LogP contribution in [-0.2, 0) is 6.42 Å². The Morgan fingerprint density at radius 3 is 2.61 bits per heavy atom. The smallest absolute Gasteiger partial charge is 0.308 e. The van der Waals surface area contributed by atoms with E-state index >= 15 is 0 Å². The van der Waals surface area contributed by atoms with E-state index in [-0.39, 0.29) is 0 Å². The third-order valence-electron chi connectivity index (χ3n) is 2.71. The first-order valence-electron chi connectivity index (χ1n) is 6.04. The van der Waals surface area contributed by atoms with Crippen LogP contribution >= 0.6 is 15.9 Å². The molecule has 0 fully saturated rings. The topological polar surface area (TPSA) is 35.3 Å². The third-order valence-corrected chi connectivity index (χ3v) is 3.23. The number of benzene rings is 1. The van der Waals surface area contributed by atoms with Crippen LogP contribution in [0.4, 0.5) is 0 Å². The number of unbranched alkanes of at least 4 members (excludes halogenated alkanes) is 1. The van der Waals surface area contributed by atoms with E-state index in [1.807, 2.05) is 24.3 Å². The van der Waals surface area contributed by atoms with Crippen LogP contribution < -0.4 is 4.74 Å². The lowest BCUT2D eigenvalue weighted by Crippen LogP contribution is -1.89. The molecule has 4 heteroatoms. The van der Waals surface area contributed by atoms with Gasteiger partial charge >= 0.3 is 5.95 Å². The SMILES string of the molecule is CCCCc1nc(-c2ccc(Br)cc2)oc1OC. The van der Waals surface area contributed by atoms with Gasteiger partial charge in [0.05, 0.1) is 7.11 Å². The Kier molecular flexibility index (Phi) is 4.42. The largest absolute Gasteiger partial charge is 0.467 e. The fourth-order valence-corrected chi connectivity index (χ4v) is 1.98. The average molecular weight is 310 g/mol. The van der Waals surface area contributed by atoms with Crippen LogP contribution in [0.1, 0.15) is 25.5 Å². The van der Waals surface area contributed by atoms with Crippen LogP contribution in [0.15, 0.2) is 33.2 Å². The summed E-state index contributed by atoms with van der Waals surface area (Å²) in [5, 5.41) is 0. The molecule has 0 aliphatic rings. The molecule has 0 unspecified atom stereocenters. The van der Waals surface area contributed by atoms with Crippen LogP contribution in [0.3, 0.4) is 0 Å². The van der Waals surface area contributed by atoms with Crippen molar-refractivity contribution >= 4 is 15.9 Å². The van der Waals surface area contributed by atoms with Gasteiger partial charge in [0.2, 0.25) is 5.89 Å². The molecule has 0 atom stereocenters. The summed E-state index contributed by atoms with van der Waals surface area (Å²) in [6.07, 6.45) is 3.10. The lowest BCUT2D eigenvalue weighted by molar-refractivity contribution is 0.304. The van der Waals surface area contributed by atoms with Crippen molar-refractivity contribution in [2.45, 2.75) is 26.2 Å². The highest BCUT2D eigenvalue weighted by molar-refractivity contribution is 9.10. The number of aryl methyl sites for hydroxylation is 1. The Balaban J connectivity index is 2.28. The van der Waals surface area contributed by atoms with Crippen molar-refractivity contribution in [3.05, 3.63) is 34.4 Å². The van der Waals surface area contributed by atoms with Gasteiger partial charge in [-0.05, 0) is 37.1 Å². The van der Waals surface area contributed by atoms with Gasteiger partial charge in [0, 0.05) is 10.0 Å². The minimum Gasteiger partial charge on any atom is -0.467 e. The van der Waals surface area contributed by atoms with Crippen molar-refractivity contribution in [1.29, 1.82) is 0 Å². The van der Waals surface area contributed by atoms with E-state index in [9.17, 15) is 0 Å². The van der Waals surface area contributed by atoms with Crippen LogP contribution in [0.5, 0.6) is 5.95 Å². The Labute approximate surface area is 115 Å². The molecule has 0 aliphatic heterocycles. The Morgan fingerprint density at radius 1 is 1.28 bits per heavy atom. The van der Waals surface area contributed by atoms with Crippen LogP contribution in [0.2, 0.25) is 0 Å². The highest BCUT2D eigenvalue weighted by Gasteiger charge is 2.14. The van der Waals surface area contributed by atoms with Gasteiger partial charge in [-0.15, -0.1) is 0 Å². The second-order valence-corrected chi connectivity index (χ2v) is 4.98. The van der Waals surface area contributed by atoms with E-state index in [0.717, 1.165) is 35.0 Å². The predicted molar refractivity (Wildman–Crippen MR) is 74.8 cm³/mol. The summed E-state index contributed by atoms with van der Waals surface area (Å²) in [5.41, 5.74) is 1.86. The zero-order chi connectivity index (χ0) is 13.0. The average Bonchev–Trinajstić information content (AvgIpc) is 2.80. The summed E-state index contributed by atoms with van der Waals surface area (Å²) in [6.45, 7) is 2.15. The number of halogens is 1. The second kappa shape index (κ2) is 6.05. The maximum Gasteiger partial charge on any atom is 0.308 e. The predicted octanol–water partition coefficient (Wildman–Crippen LogP) is 4.46. The van der Waals surface area contributed by atoms with Gasteiger partial charge in [-0.2, -0.15) is 0 Å². The normalized spacial score (nSPS) is 10.6. The first kappa shape index (κ1) is 13.1. The number of oxazole rings is 1. The number of rotatable bonds is 5. The number of ether oxygens (including phenoxy) is 1. The van der Waals surface area contributed by atoms with Crippen LogP contribution in [0, 0.1) is 0 Å².